The number of hydrogen-bond donors (Lipinski definition) is 2. The van der Waals surface area contributed by atoms with E-state index in [-0.39, 0.29) is 16.8 Å². The van der Waals surface area contributed by atoms with Gasteiger partial charge in [0.05, 0.1) is 17.5 Å². The zero-order valence-corrected chi connectivity index (χ0v) is 8.71. The van der Waals surface area contributed by atoms with Gasteiger partial charge in [0.25, 0.3) is 0 Å². The maximum atomic E-state index is 12.1. The number of aromatic nitrogens is 1. The van der Waals surface area contributed by atoms with Gasteiger partial charge in [-0.1, -0.05) is 0 Å². The molecule has 94 valence electrons. The molecule has 0 aliphatic rings. The monoisotopic (exact) mass is 250 g/mol. The number of carboxylic acids is 1. The molecule has 0 atom stereocenters. The molecule has 0 saturated carbocycles. The fourth-order valence-electron chi connectivity index (χ4n) is 1.34. The third kappa shape index (κ3) is 3.06. The van der Waals surface area contributed by atoms with Gasteiger partial charge in [-0.3, -0.25) is 4.98 Å². The molecule has 8 heteroatoms. The van der Waals surface area contributed by atoms with Gasteiger partial charge in [-0.2, -0.15) is 0 Å². The highest BCUT2D eigenvalue weighted by molar-refractivity contribution is 5.91. The number of pyridine rings is 1. The largest absolute Gasteiger partial charge is 0.573 e. The lowest BCUT2D eigenvalue weighted by Crippen LogP contribution is -2.21. The van der Waals surface area contributed by atoms with Crippen LogP contribution >= 0.6 is 0 Å². The lowest BCUT2D eigenvalue weighted by atomic mass is 10.1. The molecule has 0 radical (unpaired) electrons. The summed E-state index contributed by atoms with van der Waals surface area (Å²) in [4.78, 5) is 14.4. The van der Waals surface area contributed by atoms with Crippen molar-refractivity contribution in [1.29, 1.82) is 0 Å². The highest BCUT2D eigenvalue weighted by Crippen LogP contribution is 2.28. The van der Waals surface area contributed by atoms with E-state index in [9.17, 15) is 18.0 Å². The van der Waals surface area contributed by atoms with Crippen LogP contribution in [0.25, 0.3) is 0 Å². The summed E-state index contributed by atoms with van der Waals surface area (Å²) in [5.74, 6) is -2.09. The minimum absolute atomic E-state index is 0.0764. The highest BCUT2D eigenvalue weighted by Gasteiger charge is 2.33. The number of halogens is 3. The van der Waals surface area contributed by atoms with Crippen molar-refractivity contribution < 1.29 is 27.8 Å². The van der Waals surface area contributed by atoms with Gasteiger partial charge in [0.1, 0.15) is 0 Å². The highest BCUT2D eigenvalue weighted by atomic mass is 19.4. The number of nitrogens with zero attached hydrogens (tertiary/aromatic N) is 1. The third-order valence-corrected chi connectivity index (χ3v) is 1.98. The van der Waals surface area contributed by atoms with Crippen LogP contribution in [0.3, 0.4) is 0 Å². The minimum atomic E-state index is -4.92. The second-order valence-electron chi connectivity index (χ2n) is 3.12. The third-order valence-electron chi connectivity index (χ3n) is 1.98. The van der Waals surface area contributed by atoms with E-state index >= 15 is 0 Å². The van der Waals surface area contributed by atoms with Crippen molar-refractivity contribution in [2.24, 2.45) is 5.73 Å². The topological polar surface area (TPSA) is 85.4 Å². The molecule has 0 unspecified atom stereocenters. The van der Waals surface area contributed by atoms with Crippen LogP contribution in [-0.2, 0) is 6.54 Å². The van der Waals surface area contributed by atoms with E-state index in [0.29, 0.717) is 0 Å². The van der Waals surface area contributed by atoms with Crippen molar-refractivity contribution in [1.82, 2.24) is 4.98 Å². The summed E-state index contributed by atoms with van der Waals surface area (Å²) in [5, 5.41) is 8.87. The van der Waals surface area contributed by atoms with Crippen LogP contribution in [0.1, 0.15) is 21.6 Å². The summed E-state index contributed by atoms with van der Waals surface area (Å²) in [5.41, 5.74) is 4.71. The predicted octanol–water partition coefficient (Wildman–Crippen LogP) is 1.45. The van der Waals surface area contributed by atoms with Gasteiger partial charge < -0.3 is 15.6 Å². The number of nitrogens with two attached hydrogens (primary N) is 1. The first-order chi connectivity index (χ1) is 7.76. The van der Waals surface area contributed by atoms with Crippen LogP contribution in [0.2, 0.25) is 0 Å². The van der Waals surface area contributed by atoms with Crippen LogP contribution in [0, 0.1) is 6.92 Å². The molecule has 0 amide bonds. The Labute approximate surface area is 94.0 Å². The molecule has 1 aromatic heterocycles. The van der Waals surface area contributed by atoms with Gasteiger partial charge in [-0.25, -0.2) is 4.79 Å². The molecular weight excluding hydrogens is 241 g/mol. The van der Waals surface area contributed by atoms with Crippen molar-refractivity contribution in [3.05, 3.63) is 23.0 Å². The van der Waals surface area contributed by atoms with Gasteiger partial charge in [0.2, 0.25) is 0 Å². The number of carboxylic acid groups (broad SMARTS) is 1. The zero-order chi connectivity index (χ0) is 13.2. The quantitative estimate of drug-likeness (QED) is 0.847. The summed E-state index contributed by atoms with van der Waals surface area (Å²) in [6.07, 6.45) is -4.12. The minimum Gasteiger partial charge on any atom is -0.478 e. The second kappa shape index (κ2) is 4.58. The average Bonchev–Trinajstić information content (AvgIpc) is 2.17. The summed E-state index contributed by atoms with van der Waals surface area (Å²) in [7, 11) is 0. The Kier molecular flexibility index (Phi) is 3.56. The Morgan fingerprint density at radius 3 is 2.59 bits per heavy atom. The van der Waals surface area contributed by atoms with Crippen LogP contribution in [0.4, 0.5) is 13.2 Å². The molecular formula is C9H9F3N2O3. The Morgan fingerprint density at radius 1 is 1.59 bits per heavy atom. The van der Waals surface area contributed by atoms with E-state index in [2.05, 4.69) is 9.72 Å². The van der Waals surface area contributed by atoms with Crippen LogP contribution in [-0.4, -0.2) is 22.4 Å². The Morgan fingerprint density at radius 2 is 2.18 bits per heavy atom. The van der Waals surface area contributed by atoms with Gasteiger partial charge in [0, 0.05) is 12.1 Å². The molecule has 0 bridgehead atoms. The van der Waals surface area contributed by atoms with Crippen LogP contribution < -0.4 is 10.5 Å². The lowest BCUT2D eigenvalue weighted by molar-refractivity contribution is -0.275. The number of hydrogen-bond acceptors (Lipinski definition) is 4. The molecule has 0 aromatic carbocycles. The van der Waals surface area contributed by atoms with E-state index in [1.165, 1.54) is 6.92 Å². The number of ether oxygens (including phenoxy) is 1. The molecule has 5 nitrogen and oxygen atoms in total. The van der Waals surface area contributed by atoms with E-state index in [0.717, 1.165) is 6.20 Å². The van der Waals surface area contributed by atoms with E-state index in [4.69, 9.17) is 10.8 Å². The first-order valence-electron chi connectivity index (χ1n) is 4.44. The molecule has 0 aliphatic heterocycles. The van der Waals surface area contributed by atoms with Crippen molar-refractivity contribution in [2.45, 2.75) is 19.8 Å². The number of rotatable bonds is 3. The Balaban J connectivity index is 3.33. The first-order valence-corrected chi connectivity index (χ1v) is 4.44. The Hall–Kier alpha value is -1.83. The molecule has 1 heterocycles. The van der Waals surface area contributed by atoms with Gasteiger partial charge in [0.15, 0.2) is 5.75 Å². The average molecular weight is 250 g/mol. The normalized spacial score (nSPS) is 11.4. The van der Waals surface area contributed by atoms with E-state index in [1.54, 1.807) is 0 Å². The summed E-state index contributed by atoms with van der Waals surface area (Å²) < 4.78 is 39.8. The summed E-state index contributed by atoms with van der Waals surface area (Å²) >= 11 is 0. The smallest absolute Gasteiger partial charge is 0.478 e. The fraction of sp³-hybridized carbons (Fsp3) is 0.333. The maximum Gasteiger partial charge on any atom is 0.573 e. The molecule has 1 rings (SSSR count). The number of aromatic carboxylic acids is 1. The van der Waals surface area contributed by atoms with Crippen LogP contribution in [0.15, 0.2) is 6.20 Å². The van der Waals surface area contributed by atoms with Crippen molar-refractivity contribution in [2.75, 3.05) is 0 Å². The SMILES string of the molecule is Cc1ncc(OC(F)(F)F)c(CN)c1C(=O)O. The van der Waals surface area contributed by atoms with Gasteiger partial charge in [-0.05, 0) is 6.92 Å². The second-order valence-corrected chi connectivity index (χ2v) is 3.12. The molecule has 0 aliphatic carbocycles. The lowest BCUT2D eigenvalue weighted by Gasteiger charge is -2.14. The first kappa shape index (κ1) is 13.2. The number of alkyl halides is 3. The maximum absolute atomic E-state index is 12.1. The molecule has 0 saturated heterocycles. The molecule has 3 N–H and O–H groups in total. The van der Waals surface area contributed by atoms with Gasteiger partial charge in [-0.15, -0.1) is 13.2 Å². The van der Waals surface area contributed by atoms with Crippen LogP contribution in [0.5, 0.6) is 5.75 Å². The molecule has 1 aromatic rings. The van der Waals surface area contributed by atoms with E-state index in [1.807, 2.05) is 0 Å². The van der Waals surface area contributed by atoms with Gasteiger partial charge >= 0.3 is 12.3 Å². The standard InChI is InChI=1S/C9H9F3N2O3/c1-4-7(8(15)16)5(2-13)6(3-14-4)17-9(10,11)12/h3H,2,13H2,1H3,(H,15,16). The summed E-state index contributed by atoms with van der Waals surface area (Å²) in [6.45, 7) is 0.969. The fourth-order valence-corrected chi connectivity index (χ4v) is 1.34. The van der Waals surface area contributed by atoms with Crippen molar-refractivity contribution in [3.8, 4) is 5.75 Å². The number of aryl methyl sites for hydroxylation is 1. The molecule has 17 heavy (non-hydrogen) atoms. The van der Waals surface area contributed by atoms with Crippen molar-refractivity contribution in [3.63, 3.8) is 0 Å². The number of carbonyl (C=O) groups is 1. The summed E-state index contributed by atoms with van der Waals surface area (Å²) in [6, 6.07) is 0. The molecule has 0 fully saturated rings. The van der Waals surface area contributed by atoms with E-state index < -0.39 is 24.6 Å². The predicted molar refractivity (Wildman–Crippen MR) is 50.5 cm³/mol. The molecule has 0 spiro atoms. The zero-order valence-electron chi connectivity index (χ0n) is 8.71. The van der Waals surface area contributed by atoms with Crippen molar-refractivity contribution >= 4 is 5.97 Å². The Bertz CT molecular complexity index is 446.